The number of esters is 1. The minimum absolute atomic E-state index is 0.00879. The average Bonchev–Trinajstić information content (AvgIpc) is 3.04. The summed E-state index contributed by atoms with van der Waals surface area (Å²) in [6.45, 7) is -0.207. The number of thioether (sulfide) groups is 1. The summed E-state index contributed by atoms with van der Waals surface area (Å²) in [4.78, 5) is 35.6. The minimum Gasteiger partial charge on any atom is -0.467 e. The maximum atomic E-state index is 12.0. The molecule has 0 aliphatic heterocycles. The van der Waals surface area contributed by atoms with Crippen molar-refractivity contribution in [1.29, 1.82) is 0 Å². The number of carbonyl (C=O) groups excluding carboxylic acids is 3. The number of rotatable bonds is 9. The highest BCUT2D eigenvalue weighted by molar-refractivity contribution is 7.98. The molecule has 0 aliphatic rings. The van der Waals surface area contributed by atoms with Crippen molar-refractivity contribution >= 4 is 40.4 Å². The number of amides is 2. The van der Waals surface area contributed by atoms with Crippen LogP contribution in [0.1, 0.15) is 6.42 Å². The van der Waals surface area contributed by atoms with Crippen LogP contribution in [0.4, 0.5) is 0 Å². The highest BCUT2D eigenvalue weighted by Gasteiger charge is 2.21. The van der Waals surface area contributed by atoms with Crippen molar-refractivity contribution < 1.29 is 19.1 Å². The molecule has 0 saturated heterocycles. The molecule has 0 aliphatic carbocycles. The summed E-state index contributed by atoms with van der Waals surface area (Å²) in [5.41, 5.74) is 0.799. The van der Waals surface area contributed by atoms with Gasteiger partial charge in [0.15, 0.2) is 0 Å². The molecule has 1 atom stereocenters. The molecule has 2 amide bonds. The van der Waals surface area contributed by atoms with Gasteiger partial charge in [-0.25, -0.2) is 4.79 Å². The van der Waals surface area contributed by atoms with Crippen LogP contribution in [0.15, 0.2) is 30.5 Å². The van der Waals surface area contributed by atoms with E-state index in [0.29, 0.717) is 12.2 Å². The van der Waals surface area contributed by atoms with Crippen molar-refractivity contribution in [2.24, 2.45) is 0 Å². The molecule has 0 unspecified atom stereocenters. The van der Waals surface area contributed by atoms with Gasteiger partial charge in [-0.2, -0.15) is 16.9 Å². The van der Waals surface area contributed by atoms with Crippen molar-refractivity contribution in [1.82, 2.24) is 20.4 Å². The molecular formula is C17H22N4O4S. The fourth-order valence-electron chi connectivity index (χ4n) is 2.35. The second kappa shape index (κ2) is 9.81. The van der Waals surface area contributed by atoms with E-state index in [4.69, 9.17) is 0 Å². The Morgan fingerprint density at radius 3 is 2.73 bits per heavy atom. The summed E-state index contributed by atoms with van der Waals surface area (Å²) < 4.78 is 6.20. The second-order valence-corrected chi connectivity index (χ2v) is 6.57. The lowest BCUT2D eigenvalue weighted by molar-refractivity contribution is -0.145. The standard InChI is InChI=1S/C17H22N4O4S/c1-25-17(24)14(7-8-26-2)19-15(22)9-18-16(23)11-21-10-12-5-3-4-6-13(12)20-21/h3-6,10,14H,7-9,11H2,1-2H3,(H,18,23)(H,19,22)/t14-/m0/s1. The third-order valence-electron chi connectivity index (χ3n) is 3.64. The highest BCUT2D eigenvalue weighted by Crippen LogP contribution is 2.10. The van der Waals surface area contributed by atoms with E-state index in [9.17, 15) is 14.4 Å². The molecule has 8 nitrogen and oxygen atoms in total. The number of aromatic nitrogens is 2. The third-order valence-corrected chi connectivity index (χ3v) is 4.29. The Morgan fingerprint density at radius 2 is 2.04 bits per heavy atom. The summed E-state index contributed by atoms with van der Waals surface area (Å²) in [5, 5.41) is 10.3. The fraction of sp³-hybridized carbons (Fsp3) is 0.412. The molecule has 2 aromatic rings. The van der Waals surface area contributed by atoms with Crippen LogP contribution in [0.5, 0.6) is 0 Å². The summed E-state index contributed by atoms with van der Waals surface area (Å²) in [5.74, 6) is -0.576. The normalized spacial score (nSPS) is 11.8. The van der Waals surface area contributed by atoms with E-state index in [0.717, 1.165) is 10.9 Å². The van der Waals surface area contributed by atoms with Gasteiger partial charge >= 0.3 is 5.97 Å². The van der Waals surface area contributed by atoms with Crippen LogP contribution in [0.2, 0.25) is 0 Å². The van der Waals surface area contributed by atoms with E-state index in [2.05, 4.69) is 20.5 Å². The van der Waals surface area contributed by atoms with Crippen molar-refractivity contribution in [3.05, 3.63) is 30.5 Å². The van der Waals surface area contributed by atoms with Crippen LogP contribution in [-0.4, -0.2) is 59.3 Å². The van der Waals surface area contributed by atoms with E-state index < -0.39 is 17.9 Å². The number of hydrogen-bond donors (Lipinski definition) is 2. The Bertz CT molecular complexity index is 744. The van der Waals surface area contributed by atoms with Gasteiger partial charge in [0.1, 0.15) is 12.6 Å². The number of nitrogens with zero attached hydrogens (tertiary/aromatic N) is 2. The first kappa shape index (κ1) is 19.8. The smallest absolute Gasteiger partial charge is 0.328 e. The lowest BCUT2D eigenvalue weighted by atomic mass is 10.2. The molecule has 0 saturated carbocycles. The van der Waals surface area contributed by atoms with Gasteiger partial charge in [0, 0.05) is 11.6 Å². The van der Waals surface area contributed by atoms with Gasteiger partial charge in [-0.15, -0.1) is 0 Å². The van der Waals surface area contributed by atoms with Crippen molar-refractivity contribution in [2.75, 3.05) is 25.7 Å². The van der Waals surface area contributed by atoms with Crippen molar-refractivity contribution in [3.8, 4) is 0 Å². The fourth-order valence-corrected chi connectivity index (χ4v) is 2.82. The van der Waals surface area contributed by atoms with Gasteiger partial charge in [-0.1, -0.05) is 18.2 Å². The number of ether oxygens (including phenoxy) is 1. The SMILES string of the molecule is COC(=O)[C@H](CCSC)NC(=O)CNC(=O)Cn1cc2ccccc2n1. The first-order chi connectivity index (χ1) is 12.5. The summed E-state index contributed by atoms with van der Waals surface area (Å²) in [7, 11) is 1.27. The van der Waals surface area contributed by atoms with Gasteiger partial charge < -0.3 is 15.4 Å². The first-order valence-corrected chi connectivity index (χ1v) is 9.48. The Morgan fingerprint density at radius 1 is 1.27 bits per heavy atom. The molecule has 0 spiro atoms. The number of benzene rings is 1. The first-order valence-electron chi connectivity index (χ1n) is 8.08. The molecule has 2 N–H and O–H groups in total. The Balaban J connectivity index is 1.81. The predicted octanol–water partition coefficient (Wildman–Crippen LogP) is 0.563. The number of nitrogens with one attached hydrogen (secondary N) is 2. The van der Waals surface area contributed by atoms with E-state index in [1.165, 1.54) is 11.8 Å². The number of hydrogen-bond acceptors (Lipinski definition) is 6. The van der Waals surface area contributed by atoms with Crippen LogP contribution in [-0.2, 0) is 25.7 Å². The lowest BCUT2D eigenvalue weighted by Crippen LogP contribution is -2.46. The molecule has 1 aromatic carbocycles. The number of methoxy groups -OCH3 is 1. The van der Waals surface area contributed by atoms with E-state index in [1.54, 1.807) is 18.0 Å². The quantitative estimate of drug-likeness (QED) is 0.618. The Kier molecular flexibility index (Phi) is 7.46. The maximum absolute atomic E-state index is 12.0. The predicted molar refractivity (Wildman–Crippen MR) is 99.7 cm³/mol. The van der Waals surface area contributed by atoms with Crippen LogP contribution >= 0.6 is 11.8 Å². The monoisotopic (exact) mass is 378 g/mol. The molecule has 9 heteroatoms. The molecule has 0 bridgehead atoms. The van der Waals surface area contributed by atoms with Crippen LogP contribution in [0.25, 0.3) is 10.9 Å². The van der Waals surface area contributed by atoms with Gasteiger partial charge in [-0.05, 0) is 24.5 Å². The zero-order valence-electron chi connectivity index (χ0n) is 14.7. The Labute approximate surface area is 155 Å². The van der Waals surface area contributed by atoms with Crippen LogP contribution in [0, 0.1) is 0 Å². The third kappa shape index (κ3) is 5.76. The molecule has 0 fully saturated rings. The molecule has 26 heavy (non-hydrogen) atoms. The topological polar surface area (TPSA) is 102 Å². The zero-order chi connectivity index (χ0) is 18.9. The maximum Gasteiger partial charge on any atom is 0.328 e. The highest BCUT2D eigenvalue weighted by atomic mass is 32.2. The number of fused-ring (bicyclic) bond motifs is 1. The van der Waals surface area contributed by atoms with Crippen LogP contribution < -0.4 is 10.6 Å². The molecule has 1 heterocycles. The molecule has 1 aromatic heterocycles. The van der Waals surface area contributed by atoms with Crippen LogP contribution in [0.3, 0.4) is 0 Å². The van der Waals surface area contributed by atoms with Gasteiger partial charge in [0.25, 0.3) is 0 Å². The van der Waals surface area contributed by atoms with Gasteiger partial charge in [0.2, 0.25) is 11.8 Å². The largest absolute Gasteiger partial charge is 0.467 e. The summed E-state index contributed by atoms with van der Waals surface area (Å²) in [6, 6.07) is 6.82. The Hall–Kier alpha value is -2.55. The van der Waals surface area contributed by atoms with Crippen molar-refractivity contribution in [2.45, 2.75) is 19.0 Å². The average molecular weight is 378 g/mol. The van der Waals surface area contributed by atoms with E-state index in [-0.39, 0.29) is 19.0 Å². The molecular weight excluding hydrogens is 356 g/mol. The van der Waals surface area contributed by atoms with E-state index in [1.807, 2.05) is 30.5 Å². The summed E-state index contributed by atoms with van der Waals surface area (Å²) >= 11 is 1.57. The number of carbonyl (C=O) groups is 3. The molecule has 140 valence electrons. The molecule has 2 rings (SSSR count). The van der Waals surface area contributed by atoms with Crippen molar-refractivity contribution in [3.63, 3.8) is 0 Å². The minimum atomic E-state index is -0.715. The lowest BCUT2D eigenvalue weighted by Gasteiger charge is -2.16. The summed E-state index contributed by atoms with van der Waals surface area (Å²) in [6.07, 6.45) is 4.15. The molecule has 0 radical (unpaired) electrons. The van der Waals surface area contributed by atoms with E-state index >= 15 is 0 Å². The second-order valence-electron chi connectivity index (χ2n) is 5.59. The zero-order valence-corrected chi connectivity index (χ0v) is 15.5. The van der Waals surface area contributed by atoms with Gasteiger partial charge in [-0.3, -0.25) is 14.3 Å². The van der Waals surface area contributed by atoms with Gasteiger partial charge in [0.05, 0.1) is 19.2 Å².